The van der Waals surface area contributed by atoms with Gasteiger partial charge in [0.25, 0.3) is 0 Å². The van der Waals surface area contributed by atoms with E-state index in [1.54, 1.807) is 0 Å². The molecule has 3 aliphatic rings. The van der Waals surface area contributed by atoms with Crippen LogP contribution in [0.25, 0.3) is 0 Å². The second-order valence-electron chi connectivity index (χ2n) is 7.41. The first-order valence-corrected chi connectivity index (χ1v) is 8.45. The Labute approximate surface area is 127 Å². The molecule has 0 aromatic rings. The van der Waals surface area contributed by atoms with Gasteiger partial charge in [0, 0.05) is 37.8 Å². The highest BCUT2D eigenvalue weighted by molar-refractivity contribution is 5.79. The van der Waals surface area contributed by atoms with Crippen LogP contribution in [0.2, 0.25) is 0 Å². The molecule has 21 heavy (non-hydrogen) atoms. The summed E-state index contributed by atoms with van der Waals surface area (Å²) >= 11 is 0. The second-order valence-corrected chi connectivity index (χ2v) is 7.41. The first-order valence-electron chi connectivity index (χ1n) is 8.45. The van der Waals surface area contributed by atoms with Crippen molar-refractivity contribution < 1.29 is 9.90 Å². The number of likely N-dealkylation sites (N-methyl/N-ethyl adjacent to an activating group) is 1. The van der Waals surface area contributed by atoms with E-state index >= 15 is 0 Å². The standard InChI is InChI=1S/C16H29N3O2/c1-12-11-18(2)8-9-19(12)14-4-3-7-16(10-14,15(20)21)17-13-5-6-13/h12-14,17H,3-11H2,1-2H3,(H,20,21). The normalized spacial score (nSPS) is 39.3. The van der Waals surface area contributed by atoms with Crippen molar-refractivity contribution in [2.24, 2.45) is 0 Å². The van der Waals surface area contributed by atoms with Crippen molar-refractivity contribution in [1.29, 1.82) is 0 Å². The van der Waals surface area contributed by atoms with E-state index in [1.807, 2.05) is 0 Å². The predicted molar refractivity (Wildman–Crippen MR) is 82.4 cm³/mol. The van der Waals surface area contributed by atoms with Crippen LogP contribution < -0.4 is 5.32 Å². The molecule has 0 aromatic heterocycles. The summed E-state index contributed by atoms with van der Waals surface area (Å²) in [6.45, 7) is 5.53. The van der Waals surface area contributed by atoms with Crippen molar-refractivity contribution in [3.05, 3.63) is 0 Å². The van der Waals surface area contributed by atoms with E-state index in [-0.39, 0.29) is 0 Å². The molecule has 1 saturated heterocycles. The van der Waals surface area contributed by atoms with Crippen molar-refractivity contribution in [1.82, 2.24) is 15.1 Å². The number of carbonyl (C=O) groups is 1. The molecular weight excluding hydrogens is 266 g/mol. The van der Waals surface area contributed by atoms with Crippen molar-refractivity contribution in [2.75, 3.05) is 26.7 Å². The Bertz CT molecular complexity index is 399. The number of piperazine rings is 1. The van der Waals surface area contributed by atoms with Crippen LogP contribution in [0.15, 0.2) is 0 Å². The van der Waals surface area contributed by atoms with E-state index in [0.29, 0.717) is 18.1 Å². The quantitative estimate of drug-likeness (QED) is 0.814. The largest absolute Gasteiger partial charge is 0.480 e. The molecule has 3 fully saturated rings. The van der Waals surface area contributed by atoms with Crippen molar-refractivity contribution in [3.8, 4) is 0 Å². The topological polar surface area (TPSA) is 55.8 Å². The van der Waals surface area contributed by atoms with Gasteiger partial charge in [-0.25, -0.2) is 0 Å². The Hall–Kier alpha value is -0.650. The molecule has 5 nitrogen and oxygen atoms in total. The number of hydrogen-bond donors (Lipinski definition) is 2. The maximum atomic E-state index is 11.9. The number of aliphatic carboxylic acids is 1. The van der Waals surface area contributed by atoms with Crippen LogP contribution in [-0.4, -0.2) is 71.2 Å². The van der Waals surface area contributed by atoms with Gasteiger partial charge in [0.1, 0.15) is 5.54 Å². The minimum atomic E-state index is -0.673. The van der Waals surface area contributed by atoms with Crippen LogP contribution >= 0.6 is 0 Å². The number of carboxylic acids is 1. The number of carboxylic acid groups (broad SMARTS) is 1. The highest BCUT2D eigenvalue weighted by Crippen LogP contribution is 2.36. The third kappa shape index (κ3) is 3.25. The predicted octanol–water partition coefficient (Wildman–Crippen LogP) is 1.14. The molecule has 1 aliphatic heterocycles. The summed E-state index contributed by atoms with van der Waals surface area (Å²) in [5.74, 6) is -0.638. The average Bonchev–Trinajstić information content (AvgIpc) is 3.22. The molecule has 3 rings (SSSR count). The molecule has 120 valence electrons. The lowest BCUT2D eigenvalue weighted by Gasteiger charge is -2.48. The van der Waals surface area contributed by atoms with Crippen LogP contribution in [0, 0.1) is 0 Å². The average molecular weight is 295 g/mol. The second kappa shape index (κ2) is 5.86. The fourth-order valence-electron chi connectivity index (χ4n) is 4.23. The fraction of sp³-hybridized carbons (Fsp3) is 0.938. The van der Waals surface area contributed by atoms with Crippen LogP contribution in [0.5, 0.6) is 0 Å². The molecule has 0 bridgehead atoms. The highest BCUT2D eigenvalue weighted by atomic mass is 16.4. The van der Waals surface area contributed by atoms with Crippen molar-refractivity contribution in [2.45, 2.75) is 69.1 Å². The highest BCUT2D eigenvalue weighted by Gasteiger charge is 2.47. The van der Waals surface area contributed by atoms with Gasteiger partial charge in [0.05, 0.1) is 0 Å². The summed E-state index contributed by atoms with van der Waals surface area (Å²) in [5, 5.41) is 13.3. The smallest absolute Gasteiger partial charge is 0.323 e. The van der Waals surface area contributed by atoms with Gasteiger partial charge < -0.3 is 10.0 Å². The van der Waals surface area contributed by atoms with E-state index < -0.39 is 11.5 Å². The number of hydrogen-bond acceptors (Lipinski definition) is 4. The molecule has 2 saturated carbocycles. The van der Waals surface area contributed by atoms with Crippen molar-refractivity contribution in [3.63, 3.8) is 0 Å². The third-order valence-electron chi connectivity index (χ3n) is 5.54. The monoisotopic (exact) mass is 295 g/mol. The molecule has 1 heterocycles. The number of rotatable bonds is 4. The summed E-state index contributed by atoms with van der Waals surface area (Å²) < 4.78 is 0. The number of nitrogens with zero attached hydrogens (tertiary/aromatic N) is 2. The van der Waals surface area contributed by atoms with Crippen molar-refractivity contribution >= 4 is 5.97 Å². The molecule has 0 aromatic carbocycles. The zero-order valence-electron chi connectivity index (χ0n) is 13.3. The van der Waals surface area contributed by atoms with E-state index in [1.165, 1.54) is 0 Å². The van der Waals surface area contributed by atoms with E-state index in [2.05, 4.69) is 29.1 Å². The van der Waals surface area contributed by atoms with Gasteiger partial charge in [0.2, 0.25) is 0 Å². The van der Waals surface area contributed by atoms with E-state index in [4.69, 9.17) is 0 Å². The molecule has 0 radical (unpaired) electrons. The Morgan fingerprint density at radius 3 is 2.67 bits per heavy atom. The van der Waals surface area contributed by atoms with Crippen LogP contribution in [0.1, 0.15) is 45.4 Å². The maximum Gasteiger partial charge on any atom is 0.323 e. The van der Waals surface area contributed by atoms with Gasteiger partial charge in [-0.2, -0.15) is 0 Å². The zero-order valence-corrected chi connectivity index (χ0v) is 13.3. The van der Waals surface area contributed by atoms with E-state index in [0.717, 1.165) is 58.2 Å². The minimum absolute atomic E-state index is 0.421. The van der Waals surface area contributed by atoms with E-state index in [9.17, 15) is 9.90 Å². The zero-order chi connectivity index (χ0) is 15.0. The Kier molecular flexibility index (Phi) is 4.26. The SMILES string of the molecule is CC1CN(C)CCN1C1CCCC(NC2CC2)(C(=O)O)C1. The lowest BCUT2D eigenvalue weighted by atomic mass is 9.77. The first-order chi connectivity index (χ1) is 10.00. The molecule has 0 amide bonds. The van der Waals surface area contributed by atoms with Crippen LogP contribution in [0.3, 0.4) is 0 Å². The summed E-state index contributed by atoms with van der Waals surface area (Å²) in [7, 11) is 2.17. The number of nitrogens with one attached hydrogen (secondary N) is 1. The van der Waals surface area contributed by atoms with Gasteiger partial charge >= 0.3 is 5.97 Å². The summed E-state index contributed by atoms with van der Waals surface area (Å²) in [5.41, 5.74) is -0.673. The fourth-order valence-corrected chi connectivity index (χ4v) is 4.23. The lowest BCUT2D eigenvalue weighted by Crippen LogP contribution is -2.62. The van der Waals surface area contributed by atoms with Gasteiger partial charge in [-0.3, -0.25) is 15.0 Å². The Morgan fingerprint density at radius 1 is 1.29 bits per heavy atom. The van der Waals surface area contributed by atoms with Gasteiger partial charge in [-0.15, -0.1) is 0 Å². The van der Waals surface area contributed by atoms with Gasteiger partial charge in [-0.1, -0.05) is 0 Å². The molecule has 3 atom stereocenters. The Morgan fingerprint density at radius 2 is 2.05 bits per heavy atom. The summed E-state index contributed by atoms with van der Waals surface area (Å²) in [4.78, 5) is 16.8. The van der Waals surface area contributed by atoms with Crippen LogP contribution in [-0.2, 0) is 4.79 Å². The molecule has 3 unspecified atom stereocenters. The summed E-state index contributed by atoms with van der Waals surface area (Å²) in [6, 6.07) is 1.40. The molecular formula is C16H29N3O2. The van der Waals surface area contributed by atoms with Gasteiger partial charge in [0.15, 0.2) is 0 Å². The minimum Gasteiger partial charge on any atom is -0.480 e. The first kappa shape index (κ1) is 15.3. The van der Waals surface area contributed by atoms with Crippen LogP contribution in [0.4, 0.5) is 0 Å². The lowest BCUT2D eigenvalue weighted by molar-refractivity contribution is -0.148. The summed E-state index contributed by atoms with van der Waals surface area (Å²) in [6.07, 6.45) is 6.02. The molecule has 0 spiro atoms. The Balaban J connectivity index is 1.70. The third-order valence-corrected chi connectivity index (χ3v) is 5.54. The molecule has 5 heteroatoms. The van der Waals surface area contributed by atoms with Gasteiger partial charge in [-0.05, 0) is 52.5 Å². The molecule has 2 N–H and O–H groups in total. The maximum absolute atomic E-state index is 11.9. The molecule has 2 aliphatic carbocycles.